The van der Waals surface area contributed by atoms with E-state index in [9.17, 15) is 0 Å². The summed E-state index contributed by atoms with van der Waals surface area (Å²) in [4.78, 5) is 8.46. The molecule has 0 aliphatic heterocycles. The predicted octanol–water partition coefficient (Wildman–Crippen LogP) is 6.73. The molecule has 2 nitrogen and oxygen atoms in total. The van der Waals surface area contributed by atoms with Gasteiger partial charge in [0.1, 0.15) is 6.34 Å². The number of allylic oxidation sites excluding steroid dienone is 1. The van der Waals surface area contributed by atoms with Crippen LogP contribution in [0, 0.1) is 5.92 Å². The summed E-state index contributed by atoms with van der Waals surface area (Å²) < 4.78 is 0. The van der Waals surface area contributed by atoms with E-state index in [1.165, 1.54) is 76.8 Å². The lowest BCUT2D eigenvalue weighted by Crippen LogP contribution is -2.13. The fourth-order valence-corrected chi connectivity index (χ4v) is 2.72. The zero-order chi connectivity index (χ0) is 16.5. The van der Waals surface area contributed by atoms with Crippen LogP contribution in [0.15, 0.2) is 35.4 Å². The van der Waals surface area contributed by atoms with Crippen LogP contribution in [0.25, 0.3) is 0 Å². The third-order valence-corrected chi connectivity index (χ3v) is 4.07. The lowest BCUT2D eigenvalue weighted by atomic mass is 9.90. The molecule has 0 aliphatic rings. The Balaban J connectivity index is 4.45. The van der Waals surface area contributed by atoms with Gasteiger partial charge in [0.15, 0.2) is 0 Å². The molecule has 0 saturated heterocycles. The Kier molecular flexibility index (Phi) is 15.3. The molecule has 0 amide bonds. The maximum Gasteiger partial charge on any atom is 0.115 e. The van der Waals surface area contributed by atoms with Crippen LogP contribution >= 0.6 is 0 Å². The first-order valence-electron chi connectivity index (χ1n) is 9.12. The fourth-order valence-electron chi connectivity index (χ4n) is 2.72. The van der Waals surface area contributed by atoms with Crippen molar-refractivity contribution >= 4 is 12.1 Å². The highest BCUT2D eigenvalue weighted by Crippen LogP contribution is 2.21. The molecule has 0 saturated carbocycles. The Morgan fingerprint density at radius 3 is 1.91 bits per heavy atom. The summed E-state index contributed by atoms with van der Waals surface area (Å²) in [6.07, 6.45) is 19.4. The van der Waals surface area contributed by atoms with Gasteiger partial charge in [-0.2, -0.15) is 0 Å². The van der Waals surface area contributed by atoms with E-state index in [0.717, 1.165) is 5.71 Å². The SMILES string of the molecule is C=CN=CN=C(C=C)C(CCCCCC)CCCCCCC. The van der Waals surface area contributed by atoms with E-state index in [-0.39, 0.29) is 0 Å². The van der Waals surface area contributed by atoms with Gasteiger partial charge in [0.25, 0.3) is 0 Å². The molecule has 0 N–H and O–H groups in total. The van der Waals surface area contributed by atoms with Crippen molar-refractivity contribution in [2.45, 2.75) is 84.5 Å². The monoisotopic (exact) mass is 304 g/mol. The van der Waals surface area contributed by atoms with Gasteiger partial charge in [-0.3, -0.25) is 0 Å². The summed E-state index contributed by atoms with van der Waals surface area (Å²) in [5.74, 6) is 0.534. The maximum absolute atomic E-state index is 4.48. The van der Waals surface area contributed by atoms with Gasteiger partial charge < -0.3 is 0 Å². The maximum atomic E-state index is 4.48. The topological polar surface area (TPSA) is 24.7 Å². The lowest BCUT2D eigenvalue weighted by molar-refractivity contribution is 0.492. The van der Waals surface area contributed by atoms with E-state index in [1.54, 1.807) is 6.34 Å². The van der Waals surface area contributed by atoms with E-state index in [0.29, 0.717) is 5.92 Å². The zero-order valence-corrected chi connectivity index (χ0v) is 14.9. The number of rotatable bonds is 15. The van der Waals surface area contributed by atoms with Crippen LogP contribution in [0.3, 0.4) is 0 Å². The van der Waals surface area contributed by atoms with Crippen molar-refractivity contribution in [1.29, 1.82) is 0 Å². The van der Waals surface area contributed by atoms with E-state index in [4.69, 9.17) is 0 Å². The second-order valence-electron chi connectivity index (χ2n) is 5.95. The molecule has 0 spiro atoms. The number of hydrogen-bond acceptors (Lipinski definition) is 1. The van der Waals surface area contributed by atoms with Crippen molar-refractivity contribution < 1.29 is 0 Å². The van der Waals surface area contributed by atoms with Crippen LogP contribution < -0.4 is 0 Å². The number of hydrogen-bond donors (Lipinski definition) is 0. The molecule has 0 aromatic carbocycles. The Labute approximate surface area is 138 Å². The van der Waals surface area contributed by atoms with Gasteiger partial charge in [0, 0.05) is 17.8 Å². The van der Waals surface area contributed by atoms with Gasteiger partial charge in [-0.05, 0) is 18.9 Å². The van der Waals surface area contributed by atoms with Crippen molar-refractivity contribution in [3.8, 4) is 0 Å². The number of aliphatic imine (C=N–C) groups is 2. The molecule has 0 aromatic heterocycles. The van der Waals surface area contributed by atoms with Crippen LogP contribution in [-0.4, -0.2) is 12.1 Å². The smallest absolute Gasteiger partial charge is 0.115 e. The first-order valence-corrected chi connectivity index (χ1v) is 9.12. The van der Waals surface area contributed by atoms with E-state index < -0.39 is 0 Å². The normalized spacial score (nSPS) is 13.5. The Hall–Kier alpha value is -1.18. The van der Waals surface area contributed by atoms with Gasteiger partial charge in [-0.1, -0.05) is 84.8 Å². The van der Waals surface area contributed by atoms with Crippen LogP contribution in [0.2, 0.25) is 0 Å². The number of nitrogens with zero attached hydrogens (tertiary/aromatic N) is 2. The van der Waals surface area contributed by atoms with Gasteiger partial charge in [-0.15, -0.1) is 0 Å². The fraction of sp³-hybridized carbons (Fsp3) is 0.700. The molecule has 0 rings (SSSR count). The molecule has 0 aliphatic carbocycles. The first kappa shape index (κ1) is 20.8. The van der Waals surface area contributed by atoms with Gasteiger partial charge in [0.05, 0.1) is 0 Å². The largest absolute Gasteiger partial charge is 0.245 e. The molecule has 126 valence electrons. The molecule has 1 unspecified atom stereocenters. The van der Waals surface area contributed by atoms with Crippen molar-refractivity contribution in [2.75, 3.05) is 0 Å². The summed E-state index contributed by atoms with van der Waals surface area (Å²) in [5.41, 5.74) is 1.09. The summed E-state index contributed by atoms with van der Waals surface area (Å²) in [6, 6.07) is 0. The van der Waals surface area contributed by atoms with Crippen molar-refractivity contribution in [3.05, 3.63) is 25.4 Å². The molecule has 1 atom stereocenters. The quantitative estimate of drug-likeness (QED) is 0.182. The van der Waals surface area contributed by atoms with Crippen LogP contribution in [-0.2, 0) is 0 Å². The molecular formula is C20H36N2. The Morgan fingerprint density at radius 2 is 1.41 bits per heavy atom. The van der Waals surface area contributed by atoms with Gasteiger partial charge in [0.2, 0.25) is 0 Å². The molecular weight excluding hydrogens is 268 g/mol. The summed E-state index contributed by atoms with van der Waals surface area (Å²) in [7, 11) is 0. The summed E-state index contributed by atoms with van der Waals surface area (Å²) in [5, 5.41) is 0. The molecule has 0 fully saturated rings. The molecule has 22 heavy (non-hydrogen) atoms. The lowest BCUT2D eigenvalue weighted by Gasteiger charge is -2.17. The average Bonchev–Trinajstić information content (AvgIpc) is 2.54. The van der Waals surface area contributed by atoms with E-state index >= 15 is 0 Å². The van der Waals surface area contributed by atoms with Crippen LogP contribution in [0.1, 0.15) is 84.5 Å². The molecule has 0 radical (unpaired) electrons. The minimum Gasteiger partial charge on any atom is -0.245 e. The molecule has 0 aromatic rings. The van der Waals surface area contributed by atoms with E-state index in [1.807, 2.05) is 6.08 Å². The van der Waals surface area contributed by atoms with Gasteiger partial charge >= 0.3 is 0 Å². The van der Waals surface area contributed by atoms with Crippen molar-refractivity contribution in [3.63, 3.8) is 0 Å². The Bertz CT molecular complexity index is 329. The highest BCUT2D eigenvalue weighted by atomic mass is 14.8. The second kappa shape index (κ2) is 16.2. The van der Waals surface area contributed by atoms with E-state index in [2.05, 4.69) is 37.0 Å². The standard InChI is InChI=1S/C20H36N2/c1-5-9-11-13-15-17-19(16-14-12-10-6-2)20(7-3)22-18-21-8-4/h7-8,18-19H,3-6,9-17H2,1-2H3. The third kappa shape index (κ3) is 11.5. The third-order valence-electron chi connectivity index (χ3n) is 4.07. The summed E-state index contributed by atoms with van der Waals surface area (Å²) >= 11 is 0. The van der Waals surface area contributed by atoms with Crippen molar-refractivity contribution in [2.24, 2.45) is 15.9 Å². The Morgan fingerprint density at radius 1 is 0.864 bits per heavy atom. The van der Waals surface area contributed by atoms with Gasteiger partial charge in [-0.25, -0.2) is 9.98 Å². The number of unbranched alkanes of at least 4 members (excludes halogenated alkanes) is 7. The molecule has 2 heteroatoms. The first-order chi connectivity index (χ1) is 10.8. The van der Waals surface area contributed by atoms with Crippen LogP contribution in [0.4, 0.5) is 0 Å². The molecule has 0 bridgehead atoms. The molecule has 0 heterocycles. The highest BCUT2D eigenvalue weighted by Gasteiger charge is 2.13. The van der Waals surface area contributed by atoms with Crippen LogP contribution in [0.5, 0.6) is 0 Å². The zero-order valence-electron chi connectivity index (χ0n) is 14.9. The second-order valence-corrected chi connectivity index (χ2v) is 5.95. The minimum absolute atomic E-state index is 0.534. The highest BCUT2D eigenvalue weighted by molar-refractivity contribution is 6.00. The minimum atomic E-state index is 0.534. The predicted molar refractivity (Wildman–Crippen MR) is 102 cm³/mol. The van der Waals surface area contributed by atoms with Crippen molar-refractivity contribution in [1.82, 2.24) is 0 Å². The average molecular weight is 305 g/mol. The summed E-state index contributed by atoms with van der Waals surface area (Å²) in [6.45, 7) is 12.0.